The lowest BCUT2D eigenvalue weighted by molar-refractivity contribution is 0.123. The highest BCUT2D eigenvalue weighted by Gasteiger charge is 2.36. The lowest BCUT2D eigenvalue weighted by Crippen LogP contribution is -2.43. The Morgan fingerprint density at radius 3 is 1.74 bits per heavy atom. The van der Waals surface area contributed by atoms with Crippen molar-refractivity contribution in [1.29, 1.82) is 0 Å². The molecule has 0 aromatic carbocycles. The number of nitrogens with one attached hydrogen (secondary N) is 2. The van der Waals surface area contributed by atoms with Gasteiger partial charge in [0, 0.05) is 40.5 Å². The van der Waals surface area contributed by atoms with Gasteiger partial charge >= 0.3 is 8.80 Å². The Morgan fingerprint density at radius 2 is 1.26 bits per heavy atom. The van der Waals surface area contributed by atoms with Crippen LogP contribution < -0.4 is 10.6 Å². The summed E-state index contributed by atoms with van der Waals surface area (Å²) in [5.41, 5.74) is 0. The predicted octanol–water partition coefficient (Wildman–Crippen LogP) is 1.62. The summed E-state index contributed by atoms with van der Waals surface area (Å²) in [6.45, 7) is 6.37. The van der Waals surface area contributed by atoms with Crippen LogP contribution in [0.2, 0.25) is 6.04 Å². The minimum absolute atomic E-state index is 0.855. The minimum Gasteiger partial charge on any atom is -0.377 e. The van der Waals surface area contributed by atoms with Gasteiger partial charge in [-0.1, -0.05) is 19.8 Å². The van der Waals surface area contributed by atoms with Crippen molar-refractivity contribution in [2.75, 3.05) is 47.5 Å². The first-order valence-corrected chi connectivity index (χ1v) is 9.24. The molecule has 0 heterocycles. The highest BCUT2D eigenvalue weighted by atomic mass is 28.4. The van der Waals surface area contributed by atoms with E-state index in [1.54, 1.807) is 21.3 Å². The highest BCUT2D eigenvalue weighted by Crippen LogP contribution is 2.14. The Hall–Kier alpha value is 0.0169. The quantitative estimate of drug-likeness (QED) is 0.376. The summed E-state index contributed by atoms with van der Waals surface area (Å²) in [5.74, 6) is 0. The van der Waals surface area contributed by atoms with E-state index in [0.29, 0.717) is 0 Å². The molecule has 0 spiro atoms. The van der Waals surface area contributed by atoms with Crippen LogP contribution in [0.1, 0.15) is 32.6 Å². The minimum atomic E-state index is -2.36. The van der Waals surface area contributed by atoms with Crippen molar-refractivity contribution in [1.82, 2.24) is 10.6 Å². The van der Waals surface area contributed by atoms with E-state index in [4.69, 9.17) is 13.3 Å². The standard InChI is InChI=1S/C13H32N2O3Si/c1-5-6-7-9-14-11-12-15-10-8-13-19(16-2,17-3)18-4/h14-15H,5-13H2,1-4H3. The fourth-order valence-corrected chi connectivity index (χ4v) is 3.64. The molecule has 2 N–H and O–H groups in total. The van der Waals surface area contributed by atoms with E-state index in [9.17, 15) is 0 Å². The van der Waals surface area contributed by atoms with Gasteiger partial charge in [-0.25, -0.2) is 0 Å². The molecule has 0 bridgehead atoms. The molecule has 6 heteroatoms. The second-order valence-electron chi connectivity index (χ2n) is 4.61. The third kappa shape index (κ3) is 9.54. The lowest BCUT2D eigenvalue weighted by atomic mass is 10.2. The van der Waals surface area contributed by atoms with Gasteiger partial charge in [0.1, 0.15) is 0 Å². The largest absolute Gasteiger partial charge is 0.500 e. The van der Waals surface area contributed by atoms with Gasteiger partial charge in [0.15, 0.2) is 0 Å². The van der Waals surface area contributed by atoms with Gasteiger partial charge in [-0.15, -0.1) is 0 Å². The van der Waals surface area contributed by atoms with Crippen molar-refractivity contribution in [3.63, 3.8) is 0 Å². The Kier molecular flexibility index (Phi) is 13.0. The average Bonchev–Trinajstić information content (AvgIpc) is 2.46. The average molecular weight is 292 g/mol. The molecule has 116 valence electrons. The Labute approximate surface area is 119 Å². The smallest absolute Gasteiger partial charge is 0.377 e. The fraction of sp³-hybridized carbons (Fsp3) is 1.00. The third-order valence-electron chi connectivity index (χ3n) is 3.21. The summed E-state index contributed by atoms with van der Waals surface area (Å²) in [6, 6.07) is 0.855. The molecule has 5 nitrogen and oxygen atoms in total. The maximum atomic E-state index is 5.37. The molecular formula is C13H32N2O3Si. The molecule has 0 atom stereocenters. The number of rotatable bonds is 14. The number of hydrogen-bond acceptors (Lipinski definition) is 5. The molecule has 0 rings (SSSR count). The first-order chi connectivity index (χ1) is 9.24. The van der Waals surface area contributed by atoms with E-state index >= 15 is 0 Å². The topological polar surface area (TPSA) is 51.8 Å². The molecule has 0 aliphatic rings. The van der Waals surface area contributed by atoms with E-state index in [1.165, 1.54) is 19.3 Å². The van der Waals surface area contributed by atoms with Crippen molar-refractivity contribution in [3.8, 4) is 0 Å². The van der Waals surface area contributed by atoms with Crippen molar-refractivity contribution >= 4 is 8.80 Å². The molecule has 0 radical (unpaired) electrons. The molecule has 0 saturated heterocycles. The van der Waals surface area contributed by atoms with E-state index in [2.05, 4.69) is 17.6 Å². The van der Waals surface area contributed by atoms with Crippen LogP contribution in [0.3, 0.4) is 0 Å². The second kappa shape index (κ2) is 13.0. The fourth-order valence-electron chi connectivity index (χ4n) is 1.91. The van der Waals surface area contributed by atoms with Crippen LogP contribution in [0.4, 0.5) is 0 Å². The first kappa shape index (κ1) is 19.0. The molecule has 0 aliphatic carbocycles. The number of hydrogen-bond donors (Lipinski definition) is 2. The zero-order valence-electron chi connectivity index (χ0n) is 13.1. The molecule has 19 heavy (non-hydrogen) atoms. The summed E-state index contributed by atoms with van der Waals surface area (Å²) in [5, 5.41) is 6.85. The second-order valence-corrected chi connectivity index (χ2v) is 7.70. The third-order valence-corrected chi connectivity index (χ3v) is 6.04. The lowest BCUT2D eigenvalue weighted by Gasteiger charge is -2.24. The zero-order valence-corrected chi connectivity index (χ0v) is 14.1. The number of unbranched alkanes of at least 4 members (excludes halogenated alkanes) is 2. The molecule has 0 aromatic heterocycles. The van der Waals surface area contributed by atoms with Crippen LogP contribution in [0, 0.1) is 0 Å². The van der Waals surface area contributed by atoms with E-state index < -0.39 is 8.80 Å². The van der Waals surface area contributed by atoms with Crippen molar-refractivity contribution in [3.05, 3.63) is 0 Å². The van der Waals surface area contributed by atoms with Gasteiger partial charge in [0.25, 0.3) is 0 Å². The van der Waals surface area contributed by atoms with Crippen LogP contribution in [0.15, 0.2) is 0 Å². The monoisotopic (exact) mass is 292 g/mol. The van der Waals surface area contributed by atoms with Crippen LogP contribution in [-0.4, -0.2) is 56.3 Å². The molecule has 0 unspecified atom stereocenters. The van der Waals surface area contributed by atoms with Gasteiger partial charge in [-0.05, 0) is 25.9 Å². The highest BCUT2D eigenvalue weighted by molar-refractivity contribution is 6.60. The normalized spacial score (nSPS) is 12.0. The van der Waals surface area contributed by atoms with Gasteiger partial charge in [0.05, 0.1) is 0 Å². The molecule has 0 amide bonds. The van der Waals surface area contributed by atoms with Crippen molar-refractivity contribution < 1.29 is 13.3 Å². The van der Waals surface area contributed by atoms with E-state index in [-0.39, 0.29) is 0 Å². The van der Waals surface area contributed by atoms with Gasteiger partial charge in [-0.2, -0.15) is 0 Å². The maximum absolute atomic E-state index is 5.37. The Bertz CT molecular complexity index is 184. The van der Waals surface area contributed by atoms with E-state index in [0.717, 1.165) is 38.6 Å². The molecule has 0 aliphatic heterocycles. The summed E-state index contributed by atoms with van der Waals surface area (Å²) in [7, 11) is 2.62. The summed E-state index contributed by atoms with van der Waals surface area (Å²) < 4.78 is 16.1. The van der Waals surface area contributed by atoms with Crippen LogP contribution in [0.5, 0.6) is 0 Å². The maximum Gasteiger partial charge on any atom is 0.500 e. The summed E-state index contributed by atoms with van der Waals surface area (Å²) >= 11 is 0. The van der Waals surface area contributed by atoms with Gasteiger partial charge < -0.3 is 23.9 Å². The van der Waals surface area contributed by atoms with Crippen molar-refractivity contribution in [2.45, 2.75) is 38.7 Å². The van der Waals surface area contributed by atoms with Crippen LogP contribution >= 0.6 is 0 Å². The first-order valence-electron chi connectivity index (χ1n) is 7.31. The SMILES string of the molecule is CCCCCNCCNCCC[Si](OC)(OC)OC. The van der Waals surface area contributed by atoms with Crippen molar-refractivity contribution in [2.24, 2.45) is 0 Å². The summed E-state index contributed by atoms with van der Waals surface area (Å²) in [6.07, 6.45) is 4.89. The molecule has 0 saturated carbocycles. The van der Waals surface area contributed by atoms with Crippen LogP contribution in [-0.2, 0) is 13.3 Å². The zero-order chi connectivity index (χ0) is 14.4. The van der Waals surface area contributed by atoms with Crippen LogP contribution in [0.25, 0.3) is 0 Å². The predicted molar refractivity (Wildman–Crippen MR) is 81.5 cm³/mol. The summed E-state index contributed by atoms with van der Waals surface area (Å²) in [4.78, 5) is 0. The Morgan fingerprint density at radius 1 is 0.737 bits per heavy atom. The van der Waals surface area contributed by atoms with E-state index in [1.807, 2.05) is 0 Å². The van der Waals surface area contributed by atoms with Gasteiger partial charge in [0.2, 0.25) is 0 Å². The molecule has 0 aromatic rings. The van der Waals surface area contributed by atoms with Gasteiger partial charge in [-0.3, -0.25) is 0 Å². The molecule has 0 fully saturated rings. The molecular weight excluding hydrogens is 260 g/mol. The Balaban J connectivity index is 3.35.